The molecule has 1 amide bonds. The summed E-state index contributed by atoms with van der Waals surface area (Å²) in [7, 11) is 0. The summed E-state index contributed by atoms with van der Waals surface area (Å²) in [5.74, 6) is -1.64. The van der Waals surface area contributed by atoms with Gasteiger partial charge in [-0.05, 0) is 18.9 Å². The zero-order valence-electron chi connectivity index (χ0n) is 14.1. The molecule has 0 aliphatic rings. The molecule has 1 aromatic carbocycles. The van der Waals surface area contributed by atoms with Crippen LogP contribution in [0.25, 0.3) is 0 Å². The first kappa shape index (κ1) is 18.1. The molecule has 0 fully saturated rings. The molecule has 2 N–H and O–H groups in total. The van der Waals surface area contributed by atoms with E-state index in [4.69, 9.17) is 0 Å². The van der Waals surface area contributed by atoms with Gasteiger partial charge in [-0.1, -0.05) is 43.7 Å². The van der Waals surface area contributed by atoms with Gasteiger partial charge >= 0.3 is 5.97 Å². The van der Waals surface area contributed by atoms with E-state index < -0.39 is 11.9 Å². The monoisotopic (exact) mass is 346 g/mol. The van der Waals surface area contributed by atoms with Crippen molar-refractivity contribution in [2.24, 2.45) is 5.92 Å². The van der Waals surface area contributed by atoms with Gasteiger partial charge in [0.1, 0.15) is 5.69 Å². The molecular weight excluding hydrogens is 324 g/mol. The highest BCUT2D eigenvalue weighted by molar-refractivity contribution is 7.09. The molecule has 6 heteroatoms. The number of thiazole rings is 1. The first-order valence-corrected chi connectivity index (χ1v) is 8.76. The summed E-state index contributed by atoms with van der Waals surface area (Å²) < 4.78 is 0. The minimum Gasteiger partial charge on any atom is -0.481 e. The fraction of sp³-hybridized carbons (Fsp3) is 0.389. The summed E-state index contributed by atoms with van der Waals surface area (Å²) in [5.41, 5.74) is 2.39. The number of carboxylic acids is 1. The van der Waals surface area contributed by atoms with Gasteiger partial charge in [0.2, 0.25) is 0 Å². The van der Waals surface area contributed by atoms with Gasteiger partial charge in [0.25, 0.3) is 5.91 Å². The van der Waals surface area contributed by atoms with E-state index in [1.54, 1.807) is 5.38 Å². The van der Waals surface area contributed by atoms with Gasteiger partial charge in [-0.15, -0.1) is 11.3 Å². The number of aromatic nitrogens is 1. The molecule has 0 saturated heterocycles. The van der Waals surface area contributed by atoms with E-state index in [9.17, 15) is 14.7 Å². The Morgan fingerprint density at radius 1 is 1.33 bits per heavy atom. The molecule has 1 atom stereocenters. The van der Waals surface area contributed by atoms with Crippen LogP contribution in [0.4, 0.5) is 0 Å². The minimum atomic E-state index is -0.919. The number of aryl methyl sites for hydroxylation is 1. The van der Waals surface area contributed by atoms with Crippen molar-refractivity contribution < 1.29 is 14.7 Å². The lowest BCUT2D eigenvalue weighted by atomic mass is 9.98. The molecule has 0 radical (unpaired) electrons. The highest BCUT2D eigenvalue weighted by Gasteiger charge is 2.20. The van der Waals surface area contributed by atoms with Crippen LogP contribution in [-0.4, -0.2) is 28.5 Å². The highest BCUT2D eigenvalue weighted by atomic mass is 32.1. The van der Waals surface area contributed by atoms with E-state index >= 15 is 0 Å². The van der Waals surface area contributed by atoms with Crippen LogP contribution >= 0.6 is 11.3 Å². The Balaban J connectivity index is 1.97. The fourth-order valence-corrected chi connectivity index (χ4v) is 3.15. The lowest BCUT2D eigenvalue weighted by Crippen LogP contribution is -2.34. The average Bonchev–Trinajstić information content (AvgIpc) is 3.01. The smallest absolute Gasteiger partial charge is 0.308 e. The molecule has 2 aromatic rings. The molecule has 0 aliphatic carbocycles. The van der Waals surface area contributed by atoms with Gasteiger partial charge in [0.05, 0.1) is 10.9 Å². The normalized spacial score (nSPS) is 12.2. The van der Waals surface area contributed by atoms with Crippen LogP contribution in [0.2, 0.25) is 0 Å². The maximum atomic E-state index is 12.2. The van der Waals surface area contributed by atoms with Crippen LogP contribution in [0, 0.1) is 12.8 Å². The fourth-order valence-electron chi connectivity index (χ4n) is 2.33. The number of nitrogens with one attached hydrogen (secondary N) is 1. The summed E-state index contributed by atoms with van der Waals surface area (Å²) in [6, 6.07) is 7.74. The number of benzene rings is 1. The molecule has 1 heterocycles. The molecule has 0 spiro atoms. The van der Waals surface area contributed by atoms with Crippen molar-refractivity contribution in [2.45, 2.75) is 33.1 Å². The quantitative estimate of drug-likeness (QED) is 0.806. The SMILES string of the molecule is Cc1cccc(CC(CNC(=O)c2csc(C(C)C)n2)C(=O)O)c1. The molecule has 5 nitrogen and oxygen atoms in total. The predicted octanol–water partition coefficient (Wildman–Crippen LogP) is 3.25. The molecule has 0 bridgehead atoms. The number of aliphatic carboxylic acids is 1. The van der Waals surface area contributed by atoms with Gasteiger partial charge in [-0.25, -0.2) is 4.98 Å². The van der Waals surface area contributed by atoms with Gasteiger partial charge in [0.15, 0.2) is 0 Å². The summed E-state index contributed by atoms with van der Waals surface area (Å²) in [5, 5.41) is 14.7. The summed E-state index contributed by atoms with van der Waals surface area (Å²) in [6.45, 7) is 6.08. The van der Waals surface area contributed by atoms with Gasteiger partial charge < -0.3 is 10.4 Å². The second-order valence-corrected chi connectivity index (χ2v) is 7.05. The van der Waals surface area contributed by atoms with Gasteiger partial charge in [0, 0.05) is 17.8 Å². The first-order chi connectivity index (χ1) is 11.4. The van der Waals surface area contributed by atoms with Gasteiger partial charge in [-0.3, -0.25) is 9.59 Å². The maximum Gasteiger partial charge on any atom is 0.308 e. The Labute approximate surface area is 145 Å². The lowest BCUT2D eigenvalue weighted by molar-refractivity contribution is -0.141. The Morgan fingerprint density at radius 2 is 2.08 bits per heavy atom. The molecule has 24 heavy (non-hydrogen) atoms. The Kier molecular flexibility index (Phi) is 6.09. The molecule has 0 aliphatic heterocycles. The van der Waals surface area contributed by atoms with E-state index in [0.717, 1.165) is 16.1 Å². The van der Waals surface area contributed by atoms with Crippen molar-refractivity contribution in [3.8, 4) is 0 Å². The van der Waals surface area contributed by atoms with E-state index in [1.165, 1.54) is 11.3 Å². The van der Waals surface area contributed by atoms with Crippen molar-refractivity contribution in [3.05, 3.63) is 51.5 Å². The number of rotatable bonds is 7. The topological polar surface area (TPSA) is 79.3 Å². The molecule has 1 unspecified atom stereocenters. The van der Waals surface area contributed by atoms with Crippen molar-refractivity contribution in [3.63, 3.8) is 0 Å². The third-order valence-corrected chi connectivity index (χ3v) is 4.82. The Bertz CT molecular complexity index is 725. The van der Waals surface area contributed by atoms with Gasteiger partial charge in [-0.2, -0.15) is 0 Å². The van der Waals surface area contributed by atoms with Crippen LogP contribution < -0.4 is 5.32 Å². The zero-order chi connectivity index (χ0) is 17.7. The third kappa shape index (κ3) is 4.89. The Hall–Kier alpha value is -2.21. The molecule has 1 aromatic heterocycles. The summed E-state index contributed by atoms with van der Waals surface area (Å²) in [4.78, 5) is 27.9. The van der Waals surface area contributed by atoms with Crippen LogP contribution in [0.5, 0.6) is 0 Å². The number of carbonyl (C=O) groups is 2. The molecular formula is C18H22N2O3S. The number of nitrogens with zero attached hydrogens (tertiary/aromatic N) is 1. The van der Waals surface area contributed by atoms with Crippen LogP contribution in [-0.2, 0) is 11.2 Å². The van der Waals surface area contributed by atoms with E-state index in [1.807, 2.05) is 45.0 Å². The van der Waals surface area contributed by atoms with E-state index in [0.29, 0.717) is 12.1 Å². The van der Waals surface area contributed by atoms with Crippen molar-refractivity contribution in [1.82, 2.24) is 10.3 Å². The zero-order valence-corrected chi connectivity index (χ0v) is 14.9. The first-order valence-electron chi connectivity index (χ1n) is 7.88. The third-order valence-electron chi connectivity index (χ3n) is 3.67. The predicted molar refractivity (Wildman–Crippen MR) is 94.5 cm³/mol. The summed E-state index contributed by atoms with van der Waals surface area (Å²) >= 11 is 1.44. The number of hydrogen-bond donors (Lipinski definition) is 2. The minimum absolute atomic E-state index is 0.0800. The molecule has 2 rings (SSSR count). The molecule has 128 valence electrons. The van der Waals surface area contributed by atoms with E-state index in [-0.39, 0.29) is 18.4 Å². The number of carbonyl (C=O) groups excluding carboxylic acids is 1. The van der Waals surface area contributed by atoms with Crippen LogP contribution in [0.15, 0.2) is 29.6 Å². The Morgan fingerprint density at radius 3 is 2.67 bits per heavy atom. The van der Waals surface area contributed by atoms with E-state index in [2.05, 4.69) is 10.3 Å². The standard InChI is InChI=1S/C18H22N2O3S/c1-11(2)17-20-15(10-24-17)16(21)19-9-14(18(22)23)8-13-6-4-5-12(3)7-13/h4-7,10-11,14H,8-9H2,1-3H3,(H,19,21)(H,22,23). The largest absolute Gasteiger partial charge is 0.481 e. The maximum absolute atomic E-state index is 12.2. The number of carboxylic acid groups (broad SMARTS) is 1. The lowest BCUT2D eigenvalue weighted by Gasteiger charge is -2.13. The highest BCUT2D eigenvalue weighted by Crippen LogP contribution is 2.19. The van der Waals surface area contributed by atoms with Crippen LogP contribution in [0.1, 0.15) is 46.4 Å². The van der Waals surface area contributed by atoms with Crippen molar-refractivity contribution >= 4 is 23.2 Å². The number of amides is 1. The number of hydrogen-bond acceptors (Lipinski definition) is 4. The second-order valence-electron chi connectivity index (χ2n) is 6.16. The van der Waals surface area contributed by atoms with Crippen molar-refractivity contribution in [2.75, 3.05) is 6.54 Å². The van der Waals surface area contributed by atoms with Crippen molar-refractivity contribution in [1.29, 1.82) is 0 Å². The average molecular weight is 346 g/mol. The van der Waals surface area contributed by atoms with Crippen LogP contribution in [0.3, 0.4) is 0 Å². The second kappa shape index (κ2) is 8.06. The summed E-state index contributed by atoms with van der Waals surface area (Å²) in [6.07, 6.45) is 0.381. The molecule has 0 saturated carbocycles.